The fourth-order valence-corrected chi connectivity index (χ4v) is 4.23. The summed E-state index contributed by atoms with van der Waals surface area (Å²) >= 11 is 0. The average molecular weight is 568 g/mol. The molecule has 0 fully saturated rings. The SMILES string of the molecule is CC(Cc1ccc(OCc2ccccc2)cc1)C(=O)OCCOC(=O)C(N)Cc1ccc(OCc2ccccc2)cc1. The van der Waals surface area contributed by atoms with Crippen molar-refractivity contribution in [3.8, 4) is 11.5 Å². The van der Waals surface area contributed by atoms with Gasteiger partial charge in [-0.2, -0.15) is 0 Å². The van der Waals surface area contributed by atoms with Crippen LogP contribution >= 0.6 is 0 Å². The van der Waals surface area contributed by atoms with Gasteiger partial charge in [-0.25, -0.2) is 0 Å². The molecule has 4 aromatic carbocycles. The molecule has 42 heavy (non-hydrogen) atoms. The molecule has 4 rings (SSSR count). The van der Waals surface area contributed by atoms with E-state index in [0.717, 1.165) is 33.8 Å². The van der Waals surface area contributed by atoms with Crippen molar-refractivity contribution in [2.75, 3.05) is 13.2 Å². The first-order chi connectivity index (χ1) is 20.5. The van der Waals surface area contributed by atoms with E-state index in [-0.39, 0.29) is 25.1 Å². The van der Waals surface area contributed by atoms with Gasteiger partial charge in [0.1, 0.15) is 44.0 Å². The van der Waals surface area contributed by atoms with Crippen LogP contribution in [-0.4, -0.2) is 31.2 Å². The van der Waals surface area contributed by atoms with Crippen molar-refractivity contribution in [3.63, 3.8) is 0 Å². The van der Waals surface area contributed by atoms with Crippen LogP contribution in [0.3, 0.4) is 0 Å². The second-order valence-corrected chi connectivity index (χ2v) is 10.1. The molecular formula is C35H37NO6. The Kier molecular flexibility index (Phi) is 11.5. The predicted molar refractivity (Wildman–Crippen MR) is 161 cm³/mol. The summed E-state index contributed by atoms with van der Waals surface area (Å²) in [6.07, 6.45) is 0.850. The molecule has 0 spiro atoms. The molecular weight excluding hydrogens is 530 g/mol. The molecule has 7 heteroatoms. The molecule has 2 N–H and O–H groups in total. The van der Waals surface area contributed by atoms with Crippen molar-refractivity contribution in [1.29, 1.82) is 0 Å². The van der Waals surface area contributed by atoms with Crippen molar-refractivity contribution >= 4 is 11.9 Å². The van der Waals surface area contributed by atoms with Crippen LogP contribution in [0.2, 0.25) is 0 Å². The topological polar surface area (TPSA) is 97.1 Å². The number of esters is 2. The van der Waals surface area contributed by atoms with Crippen LogP contribution < -0.4 is 15.2 Å². The highest BCUT2D eigenvalue weighted by Gasteiger charge is 2.18. The van der Waals surface area contributed by atoms with Gasteiger partial charge in [-0.1, -0.05) is 91.9 Å². The van der Waals surface area contributed by atoms with Gasteiger partial charge in [0.2, 0.25) is 0 Å². The highest BCUT2D eigenvalue weighted by molar-refractivity contribution is 5.76. The van der Waals surface area contributed by atoms with Gasteiger partial charge in [-0.3, -0.25) is 9.59 Å². The number of benzene rings is 4. The highest BCUT2D eigenvalue weighted by atomic mass is 16.6. The summed E-state index contributed by atoms with van der Waals surface area (Å²) in [5, 5.41) is 0. The number of hydrogen-bond acceptors (Lipinski definition) is 7. The third-order valence-electron chi connectivity index (χ3n) is 6.62. The molecule has 0 radical (unpaired) electrons. The van der Waals surface area contributed by atoms with Crippen molar-refractivity contribution in [2.24, 2.45) is 11.7 Å². The Morgan fingerprint density at radius 3 is 1.48 bits per heavy atom. The van der Waals surface area contributed by atoms with E-state index in [1.165, 1.54) is 0 Å². The van der Waals surface area contributed by atoms with Gasteiger partial charge in [-0.05, 0) is 59.4 Å². The summed E-state index contributed by atoms with van der Waals surface area (Å²) in [6, 6.07) is 34.2. The molecule has 0 aliphatic rings. The van der Waals surface area contributed by atoms with Crippen LogP contribution in [0.5, 0.6) is 11.5 Å². The number of carbonyl (C=O) groups excluding carboxylic acids is 2. The van der Waals surface area contributed by atoms with Crippen molar-refractivity contribution in [3.05, 3.63) is 131 Å². The van der Waals surface area contributed by atoms with E-state index in [0.29, 0.717) is 26.1 Å². The molecule has 218 valence electrons. The lowest BCUT2D eigenvalue weighted by atomic mass is 10.0. The first-order valence-electron chi connectivity index (χ1n) is 14.1. The molecule has 7 nitrogen and oxygen atoms in total. The third kappa shape index (κ3) is 10.1. The minimum Gasteiger partial charge on any atom is -0.489 e. The maximum Gasteiger partial charge on any atom is 0.323 e. The molecule has 0 saturated heterocycles. The first-order valence-corrected chi connectivity index (χ1v) is 14.1. The van der Waals surface area contributed by atoms with Crippen LogP contribution in [0.4, 0.5) is 0 Å². The molecule has 0 amide bonds. The van der Waals surface area contributed by atoms with Gasteiger partial charge in [0.25, 0.3) is 0 Å². The van der Waals surface area contributed by atoms with Crippen molar-refractivity contribution < 1.29 is 28.5 Å². The third-order valence-corrected chi connectivity index (χ3v) is 6.62. The number of rotatable bonds is 15. The molecule has 4 aromatic rings. The summed E-state index contributed by atoms with van der Waals surface area (Å²) in [5.74, 6) is 0.258. The van der Waals surface area contributed by atoms with E-state index >= 15 is 0 Å². The van der Waals surface area contributed by atoms with E-state index in [2.05, 4.69) is 0 Å². The Bertz CT molecular complexity index is 1270. The summed E-state index contributed by atoms with van der Waals surface area (Å²) < 4.78 is 22.1. The van der Waals surface area contributed by atoms with Gasteiger partial charge in [0.05, 0.1) is 5.92 Å². The molecule has 0 aliphatic carbocycles. The van der Waals surface area contributed by atoms with Gasteiger partial charge >= 0.3 is 11.9 Å². The van der Waals surface area contributed by atoms with E-state index in [1.54, 1.807) is 0 Å². The molecule has 0 aromatic heterocycles. The Labute approximate surface area is 247 Å². The summed E-state index contributed by atoms with van der Waals surface area (Å²) in [4.78, 5) is 24.8. The maximum absolute atomic E-state index is 12.4. The Morgan fingerprint density at radius 1 is 0.571 bits per heavy atom. The standard InChI is InChI=1S/C35H37NO6/c1-26(22-27-12-16-31(17-13-27)41-24-29-8-4-2-5-9-29)34(37)39-20-21-40-35(38)33(36)23-28-14-18-32(19-15-28)42-25-30-10-6-3-7-11-30/h2-19,26,33H,20-25,36H2,1H3. The number of ether oxygens (including phenoxy) is 4. The molecule has 2 unspecified atom stereocenters. The number of carbonyl (C=O) groups is 2. The average Bonchev–Trinajstić information content (AvgIpc) is 3.03. The molecule has 0 bridgehead atoms. The zero-order valence-electron chi connectivity index (χ0n) is 23.8. The predicted octanol–water partition coefficient (Wildman–Crippen LogP) is 5.68. The van der Waals surface area contributed by atoms with E-state index in [9.17, 15) is 9.59 Å². The smallest absolute Gasteiger partial charge is 0.323 e. The second-order valence-electron chi connectivity index (χ2n) is 10.1. The lowest BCUT2D eigenvalue weighted by Crippen LogP contribution is -2.35. The summed E-state index contributed by atoms with van der Waals surface area (Å²) in [5.41, 5.74) is 10.1. The Morgan fingerprint density at radius 2 is 1.00 bits per heavy atom. The van der Waals surface area contributed by atoms with E-state index in [4.69, 9.17) is 24.7 Å². The second kappa shape index (κ2) is 16.0. The Balaban J connectivity index is 1.10. The fourth-order valence-electron chi connectivity index (χ4n) is 4.23. The summed E-state index contributed by atoms with van der Waals surface area (Å²) in [7, 11) is 0. The first kappa shape index (κ1) is 30.3. The van der Waals surface area contributed by atoms with Crippen LogP contribution in [0.25, 0.3) is 0 Å². The van der Waals surface area contributed by atoms with Gasteiger partial charge in [0.15, 0.2) is 0 Å². The fraction of sp³-hybridized carbons (Fsp3) is 0.257. The maximum atomic E-state index is 12.4. The van der Waals surface area contributed by atoms with Crippen LogP contribution in [0.15, 0.2) is 109 Å². The molecule has 0 saturated carbocycles. The minimum atomic E-state index is -0.824. The molecule has 0 aliphatic heterocycles. The quantitative estimate of drug-likeness (QED) is 0.146. The highest BCUT2D eigenvalue weighted by Crippen LogP contribution is 2.18. The molecule has 0 heterocycles. The van der Waals surface area contributed by atoms with Crippen LogP contribution in [0.1, 0.15) is 29.2 Å². The lowest BCUT2D eigenvalue weighted by molar-refractivity contribution is -0.155. The number of nitrogens with two attached hydrogens (primary N) is 1. The number of hydrogen-bond donors (Lipinski definition) is 1. The Hall–Kier alpha value is -4.62. The minimum absolute atomic E-state index is 0.0264. The van der Waals surface area contributed by atoms with Crippen molar-refractivity contribution in [2.45, 2.75) is 39.0 Å². The van der Waals surface area contributed by atoms with Gasteiger partial charge in [-0.15, -0.1) is 0 Å². The van der Waals surface area contributed by atoms with Crippen LogP contribution in [-0.2, 0) is 45.1 Å². The molecule has 2 atom stereocenters. The summed E-state index contributed by atoms with van der Waals surface area (Å²) in [6.45, 7) is 2.71. The zero-order valence-corrected chi connectivity index (χ0v) is 23.8. The van der Waals surface area contributed by atoms with E-state index < -0.39 is 12.0 Å². The lowest BCUT2D eigenvalue weighted by Gasteiger charge is -2.14. The normalized spacial score (nSPS) is 12.1. The van der Waals surface area contributed by atoms with E-state index in [1.807, 2.05) is 116 Å². The largest absolute Gasteiger partial charge is 0.489 e. The zero-order chi connectivity index (χ0) is 29.6. The monoisotopic (exact) mass is 567 g/mol. The van der Waals surface area contributed by atoms with Crippen LogP contribution in [0, 0.1) is 5.92 Å². The van der Waals surface area contributed by atoms with Crippen molar-refractivity contribution in [1.82, 2.24) is 0 Å². The van der Waals surface area contributed by atoms with Gasteiger partial charge in [0, 0.05) is 0 Å². The van der Waals surface area contributed by atoms with Gasteiger partial charge < -0.3 is 24.7 Å².